The van der Waals surface area contributed by atoms with Crippen molar-refractivity contribution in [1.29, 1.82) is 0 Å². The van der Waals surface area contributed by atoms with Gasteiger partial charge in [-0.2, -0.15) is 0 Å². The molecule has 1 aromatic rings. The molecule has 0 atom stereocenters. The molecular formula is C15H23FN2O. The summed E-state index contributed by atoms with van der Waals surface area (Å²) in [4.78, 5) is 13.5. The number of carbonyl (C=O) groups is 1. The molecule has 0 saturated heterocycles. The number of nitrogens with zero attached hydrogens (tertiary/aromatic N) is 1. The first-order valence-corrected chi connectivity index (χ1v) is 6.82. The molecule has 19 heavy (non-hydrogen) atoms. The highest BCUT2D eigenvalue weighted by Gasteiger charge is 2.09. The lowest BCUT2D eigenvalue weighted by Crippen LogP contribution is -2.25. The molecule has 1 rings (SSSR count). The summed E-state index contributed by atoms with van der Waals surface area (Å²) >= 11 is 0. The fourth-order valence-electron chi connectivity index (χ4n) is 1.96. The molecule has 0 bridgehead atoms. The second-order valence-electron chi connectivity index (χ2n) is 4.83. The number of hydrogen-bond acceptors (Lipinski definition) is 2. The Hall–Kier alpha value is -1.42. The Labute approximate surface area is 114 Å². The number of benzene rings is 1. The molecule has 4 heteroatoms. The van der Waals surface area contributed by atoms with Crippen LogP contribution in [0.2, 0.25) is 0 Å². The highest BCUT2D eigenvalue weighted by Crippen LogP contribution is 2.09. The van der Waals surface area contributed by atoms with E-state index in [0.717, 1.165) is 31.2 Å². The predicted molar refractivity (Wildman–Crippen MR) is 75.0 cm³/mol. The zero-order chi connectivity index (χ0) is 14.1. The summed E-state index contributed by atoms with van der Waals surface area (Å²) in [6, 6.07) is 6.36. The van der Waals surface area contributed by atoms with Crippen LogP contribution in [0.15, 0.2) is 24.3 Å². The second-order valence-corrected chi connectivity index (χ2v) is 4.83. The van der Waals surface area contributed by atoms with Gasteiger partial charge in [-0.15, -0.1) is 0 Å². The topological polar surface area (TPSA) is 46.3 Å². The summed E-state index contributed by atoms with van der Waals surface area (Å²) < 4.78 is 13.0. The Morgan fingerprint density at radius 2 is 2.00 bits per heavy atom. The largest absolute Gasteiger partial charge is 0.341 e. The molecule has 0 heterocycles. The summed E-state index contributed by atoms with van der Waals surface area (Å²) in [6.45, 7) is 1.17. The fourth-order valence-corrected chi connectivity index (χ4v) is 1.96. The predicted octanol–water partition coefficient (Wildman–Crippen LogP) is 2.69. The van der Waals surface area contributed by atoms with Gasteiger partial charge in [0.2, 0.25) is 5.91 Å². The molecular weight excluding hydrogens is 243 g/mol. The lowest BCUT2D eigenvalue weighted by molar-refractivity contribution is -0.130. The molecule has 106 valence electrons. The van der Waals surface area contributed by atoms with Crippen LogP contribution < -0.4 is 5.73 Å². The summed E-state index contributed by atoms with van der Waals surface area (Å²) in [7, 11) is 1.76. The van der Waals surface area contributed by atoms with E-state index in [4.69, 9.17) is 5.73 Å². The number of nitrogens with two attached hydrogens (primary N) is 1. The fraction of sp³-hybridized carbons (Fsp3) is 0.533. The standard InChI is InChI=1S/C15H23FN2O/c1-18(12-13-7-6-8-14(16)11-13)15(19)9-4-2-3-5-10-17/h6-8,11H,2-5,9-10,12,17H2,1H3. The molecule has 0 spiro atoms. The van der Waals surface area contributed by atoms with Crippen molar-refractivity contribution in [2.45, 2.75) is 38.6 Å². The molecule has 0 saturated carbocycles. The third-order valence-corrected chi connectivity index (χ3v) is 3.08. The average Bonchev–Trinajstić information content (AvgIpc) is 2.38. The zero-order valence-electron chi connectivity index (χ0n) is 11.6. The lowest BCUT2D eigenvalue weighted by Gasteiger charge is -2.17. The van der Waals surface area contributed by atoms with Crippen LogP contribution in [-0.2, 0) is 11.3 Å². The molecule has 1 amide bonds. The first kappa shape index (κ1) is 15.6. The molecule has 0 aliphatic rings. The minimum atomic E-state index is -0.264. The quantitative estimate of drug-likeness (QED) is 0.735. The Kier molecular flexibility index (Phi) is 7.11. The van der Waals surface area contributed by atoms with E-state index < -0.39 is 0 Å². The minimum Gasteiger partial charge on any atom is -0.341 e. The van der Waals surface area contributed by atoms with Gasteiger partial charge >= 0.3 is 0 Å². The zero-order valence-corrected chi connectivity index (χ0v) is 11.6. The molecule has 0 radical (unpaired) electrons. The van der Waals surface area contributed by atoms with E-state index in [0.29, 0.717) is 19.5 Å². The Morgan fingerprint density at radius 3 is 2.68 bits per heavy atom. The van der Waals surface area contributed by atoms with Crippen LogP contribution in [0.25, 0.3) is 0 Å². The van der Waals surface area contributed by atoms with Crippen LogP contribution in [0.3, 0.4) is 0 Å². The Bertz CT molecular complexity index is 395. The van der Waals surface area contributed by atoms with Crippen molar-refractivity contribution in [2.24, 2.45) is 5.73 Å². The van der Waals surface area contributed by atoms with Crippen LogP contribution >= 0.6 is 0 Å². The number of carbonyl (C=O) groups excluding carboxylic acids is 1. The molecule has 0 aliphatic heterocycles. The maximum Gasteiger partial charge on any atom is 0.222 e. The van der Waals surface area contributed by atoms with E-state index in [1.807, 2.05) is 6.07 Å². The smallest absolute Gasteiger partial charge is 0.222 e. The first-order valence-electron chi connectivity index (χ1n) is 6.82. The van der Waals surface area contributed by atoms with Crippen LogP contribution in [0.5, 0.6) is 0 Å². The van der Waals surface area contributed by atoms with Gasteiger partial charge in [-0.05, 0) is 37.1 Å². The minimum absolute atomic E-state index is 0.108. The summed E-state index contributed by atoms with van der Waals surface area (Å²) in [5, 5.41) is 0. The van der Waals surface area contributed by atoms with Crippen LogP contribution in [0.4, 0.5) is 4.39 Å². The Balaban J connectivity index is 2.28. The number of halogens is 1. The monoisotopic (exact) mass is 266 g/mol. The summed E-state index contributed by atoms with van der Waals surface area (Å²) in [6.07, 6.45) is 4.59. The molecule has 1 aromatic carbocycles. The molecule has 0 unspecified atom stereocenters. The maximum atomic E-state index is 13.0. The van der Waals surface area contributed by atoms with Gasteiger partial charge in [0.15, 0.2) is 0 Å². The molecule has 3 nitrogen and oxygen atoms in total. The highest BCUT2D eigenvalue weighted by atomic mass is 19.1. The van der Waals surface area contributed by atoms with Gasteiger partial charge in [-0.3, -0.25) is 4.79 Å². The number of unbranched alkanes of at least 4 members (excludes halogenated alkanes) is 3. The molecule has 0 aliphatic carbocycles. The van der Waals surface area contributed by atoms with E-state index in [1.54, 1.807) is 18.0 Å². The Morgan fingerprint density at radius 1 is 1.26 bits per heavy atom. The van der Waals surface area contributed by atoms with Gasteiger partial charge in [0.1, 0.15) is 5.82 Å². The number of amides is 1. The van der Waals surface area contributed by atoms with E-state index in [-0.39, 0.29) is 11.7 Å². The van der Waals surface area contributed by atoms with Crippen LogP contribution in [0.1, 0.15) is 37.7 Å². The normalized spacial score (nSPS) is 10.5. The maximum absolute atomic E-state index is 13.0. The third kappa shape index (κ3) is 6.34. The van der Waals surface area contributed by atoms with Crippen molar-refractivity contribution in [3.63, 3.8) is 0 Å². The van der Waals surface area contributed by atoms with Crippen molar-refractivity contribution in [3.8, 4) is 0 Å². The molecule has 0 fully saturated rings. The van der Waals surface area contributed by atoms with Crippen LogP contribution in [0, 0.1) is 5.82 Å². The third-order valence-electron chi connectivity index (χ3n) is 3.08. The number of hydrogen-bond donors (Lipinski definition) is 1. The average molecular weight is 266 g/mol. The van der Waals surface area contributed by atoms with Gasteiger partial charge in [0, 0.05) is 20.0 Å². The molecule has 2 N–H and O–H groups in total. The first-order chi connectivity index (χ1) is 9.13. The van der Waals surface area contributed by atoms with Crippen molar-refractivity contribution in [2.75, 3.05) is 13.6 Å². The summed E-state index contributed by atoms with van der Waals surface area (Å²) in [5.74, 6) is -0.155. The summed E-state index contributed by atoms with van der Waals surface area (Å²) in [5.41, 5.74) is 6.23. The highest BCUT2D eigenvalue weighted by molar-refractivity contribution is 5.75. The second kappa shape index (κ2) is 8.64. The van der Waals surface area contributed by atoms with Crippen LogP contribution in [-0.4, -0.2) is 24.4 Å². The SMILES string of the molecule is CN(Cc1cccc(F)c1)C(=O)CCCCCCN. The van der Waals surface area contributed by atoms with E-state index in [1.165, 1.54) is 12.1 Å². The lowest BCUT2D eigenvalue weighted by atomic mass is 10.1. The van der Waals surface area contributed by atoms with Gasteiger partial charge in [-0.1, -0.05) is 25.0 Å². The van der Waals surface area contributed by atoms with E-state index in [2.05, 4.69) is 0 Å². The van der Waals surface area contributed by atoms with Gasteiger partial charge in [-0.25, -0.2) is 4.39 Å². The number of rotatable bonds is 8. The van der Waals surface area contributed by atoms with Crippen molar-refractivity contribution >= 4 is 5.91 Å². The van der Waals surface area contributed by atoms with Crippen molar-refractivity contribution in [3.05, 3.63) is 35.6 Å². The van der Waals surface area contributed by atoms with Crippen molar-refractivity contribution < 1.29 is 9.18 Å². The van der Waals surface area contributed by atoms with Gasteiger partial charge in [0.05, 0.1) is 0 Å². The molecule has 0 aromatic heterocycles. The van der Waals surface area contributed by atoms with E-state index >= 15 is 0 Å². The van der Waals surface area contributed by atoms with Gasteiger partial charge in [0.25, 0.3) is 0 Å². The van der Waals surface area contributed by atoms with Gasteiger partial charge < -0.3 is 10.6 Å². The van der Waals surface area contributed by atoms with E-state index in [9.17, 15) is 9.18 Å². The van der Waals surface area contributed by atoms with Crippen molar-refractivity contribution in [1.82, 2.24) is 4.90 Å².